The Morgan fingerprint density at radius 3 is 2.11 bits per heavy atom. The molecular weight excluding hydrogens is 527 g/mol. The van der Waals surface area contributed by atoms with Gasteiger partial charge < -0.3 is 14.2 Å². The fourth-order valence-corrected chi connectivity index (χ4v) is 3.53. The molecule has 0 saturated heterocycles. The van der Waals surface area contributed by atoms with Gasteiger partial charge in [0.1, 0.15) is 12.4 Å². The maximum Gasteiger partial charge on any atom is 0.343 e. The molecule has 192 valence electrons. The van der Waals surface area contributed by atoms with E-state index in [9.17, 15) is 9.59 Å². The lowest BCUT2D eigenvalue weighted by atomic mass is 10.2. The van der Waals surface area contributed by atoms with Crippen molar-refractivity contribution in [2.24, 2.45) is 5.10 Å². The van der Waals surface area contributed by atoms with E-state index in [1.807, 2.05) is 12.1 Å². The maximum absolute atomic E-state index is 12.4. The van der Waals surface area contributed by atoms with Crippen molar-refractivity contribution >= 4 is 41.3 Å². The molecule has 1 N–H and O–H groups in total. The Morgan fingerprint density at radius 2 is 1.45 bits per heavy atom. The SMILES string of the molecule is COc1cc(/C=N\NC(=O)c2ccc(OCc3ccc(Cl)cc3)cc2)ccc1OC(=O)c1ccc(Cl)cc1. The summed E-state index contributed by atoms with van der Waals surface area (Å²) >= 11 is 11.8. The highest BCUT2D eigenvalue weighted by Gasteiger charge is 2.13. The van der Waals surface area contributed by atoms with Crippen LogP contribution in [0.15, 0.2) is 96.1 Å². The zero-order chi connectivity index (χ0) is 26.9. The van der Waals surface area contributed by atoms with Gasteiger partial charge in [-0.25, -0.2) is 10.2 Å². The topological polar surface area (TPSA) is 86.2 Å². The average molecular weight is 549 g/mol. The molecule has 9 heteroatoms. The van der Waals surface area contributed by atoms with Crippen LogP contribution >= 0.6 is 23.2 Å². The van der Waals surface area contributed by atoms with Gasteiger partial charge >= 0.3 is 5.97 Å². The zero-order valence-electron chi connectivity index (χ0n) is 20.2. The Bertz CT molecular complexity index is 1440. The average Bonchev–Trinajstić information content (AvgIpc) is 2.94. The van der Waals surface area contributed by atoms with Gasteiger partial charge in [-0.15, -0.1) is 0 Å². The predicted octanol–water partition coefficient (Wildman–Crippen LogP) is 6.56. The van der Waals surface area contributed by atoms with E-state index in [2.05, 4.69) is 10.5 Å². The van der Waals surface area contributed by atoms with Crippen LogP contribution in [-0.2, 0) is 6.61 Å². The van der Waals surface area contributed by atoms with Gasteiger partial charge in [-0.05, 0) is 90.0 Å². The van der Waals surface area contributed by atoms with Crippen LogP contribution in [0.5, 0.6) is 17.2 Å². The molecule has 0 unspecified atom stereocenters. The normalized spacial score (nSPS) is 10.7. The number of rotatable bonds is 9. The van der Waals surface area contributed by atoms with Crippen molar-refractivity contribution in [1.29, 1.82) is 0 Å². The van der Waals surface area contributed by atoms with E-state index in [4.69, 9.17) is 37.4 Å². The minimum absolute atomic E-state index is 0.243. The van der Waals surface area contributed by atoms with Crippen LogP contribution in [0.2, 0.25) is 10.0 Å². The van der Waals surface area contributed by atoms with Crippen molar-refractivity contribution in [2.75, 3.05) is 7.11 Å². The van der Waals surface area contributed by atoms with E-state index in [1.165, 1.54) is 13.3 Å². The van der Waals surface area contributed by atoms with Crippen molar-refractivity contribution in [3.8, 4) is 17.2 Å². The van der Waals surface area contributed by atoms with Gasteiger partial charge in [0, 0.05) is 15.6 Å². The summed E-state index contributed by atoms with van der Waals surface area (Å²) in [7, 11) is 1.46. The number of carbonyl (C=O) groups excluding carboxylic acids is 2. The van der Waals surface area contributed by atoms with E-state index in [1.54, 1.807) is 78.9 Å². The number of nitrogens with one attached hydrogen (secondary N) is 1. The number of halogens is 2. The van der Waals surface area contributed by atoms with Gasteiger partial charge in [0.25, 0.3) is 5.91 Å². The van der Waals surface area contributed by atoms with Crippen molar-refractivity contribution < 1.29 is 23.8 Å². The molecule has 0 aliphatic carbocycles. The van der Waals surface area contributed by atoms with Gasteiger partial charge in [0.2, 0.25) is 0 Å². The summed E-state index contributed by atoms with van der Waals surface area (Å²) in [6, 6.07) is 25.3. The molecule has 0 saturated carbocycles. The second-order valence-electron chi connectivity index (χ2n) is 7.95. The number of methoxy groups -OCH3 is 1. The lowest BCUT2D eigenvalue weighted by molar-refractivity contribution is 0.0729. The number of carbonyl (C=O) groups is 2. The van der Waals surface area contributed by atoms with Gasteiger partial charge in [0.15, 0.2) is 11.5 Å². The van der Waals surface area contributed by atoms with Crippen LogP contribution in [-0.4, -0.2) is 25.2 Å². The summed E-state index contributed by atoms with van der Waals surface area (Å²) in [6.07, 6.45) is 1.45. The largest absolute Gasteiger partial charge is 0.493 e. The lowest BCUT2D eigenvalue weighted by Gasteiger charge is -2.10. The minimum atomic E-state index is -0.546. The molecule has 0 fully saturated rings. The fourth-order valence-electron chi connectivity index (χ4n) is 3.27. The number of hydrogen-bond acceptors (Lipinski definition) is 6. The molecule has 4 aromatic rings. The highest BCUT2D eigenvalue weighted by Crippen LogP contribution is 2.28. The second kappa shape index (κ2) is 12.8. The standard InChI is InChI=1S/C29H22Cl2N2O5/c1-36-27-16-20(4-15-26(27)38-29(35)22-5-11-24(31)12-6-22)17-32-33-28(34)21-7-13-25(14-8-21)37-18-19-2-9-23(30)10-3-19/h2-17H,18H2,1H3,(H,33,34)/b32-17-. The monoisotopic (exact) mass is 548 g/mol. The molecular formula is C29H22Cl2N2O5. The quantitative estimate of drug-likeness (QED) is 0.111. The first-order valence-corrected chi connectivity index (χ1v) is 12.1. The smallest absolute Gasteiger partial charge is 0.343 e. The molecule has 0 heterocycles. The number of hydrazone groups is 1. The molecule has 38 heavy (non-hydrogen) atoms. The summed E-state index contributed by atoms with van der Waals surface area (Å²) in [5, 5.41) is 5.19. The number of benzene rings is 4. The van der Waals surface area contributed by atoms with E-state index >= 15 is 0 Å². The molecule has 7 nitrogen and oxygen atoms in total. The Morgan fingerprint density at radius 1 is 0.816 bits per heavy atom. The Kier molecular flexibility index (Phi) is 8.98. The van der Waals surface area contributed by atoms with Crippen LogP contribution in [0.3, 0.4) is 0 Å². The number of hydrogen-bond donors (Lipinski definition) is 1. The van der Waals surface area contributed by atoms with E-state index in [-0.39, 0.29) is 11.7 Å². The van der Waals surface area contributed by atoms with Crippen molar-refractivity contribution in [1.82, 2.24) is 5.43 Å². The molecule has 4 rings (SSSR count). The third-order valence-electron chi connectivity index (χ3n) is 5.29. The molecule has 0 spiro atoms. The highest BCUT2D eigenvalue weighted by molar-refractivity contribution is 6.30. The predicted molar refractivity (Wildman–Crippen MR) is 147 cm³/mol. The number of ether oxygens (including phenoxy) is 3. The fraction of sp³-hybridized carbons (Fsp3) is 0.0690. The number of esters is 1. The van der Waals surface area contributed by atoms with Crippen LogP contribution in [0.1, 0.15) is 31.8 Å². The van der Waals surface area contributed by atoms with Gasteiger partial charge in [0.05, 0.1) is 18.9 Å². The molecule has 0 bridgehead atoms. The zero-order valence-corrected chi connectivity index (χ0v) is 21.7. The minimum Gasteiger partial charge on any atom is -0.493 e. The number of amides is 1. The summed E-state index contributed by atoms with van der Waals surface area (Å²) < 4.78 is 16.5. The molecule has 1 amide bonds. The lowest BCUT2D eigenvalue weighted by Crippen LogP contribution is -2.17. The number of nitrogens with zero attached hydrogens (tertiary/aromatic N) is 1. The second-order valence-corrected chi connectivity index (χ2v) is 8.82. The maximum atomic E-state index is 12.4. The third kappa shape index (κ3) is 7.35. The van der Waals surface area contributed by atoms with Crippen molar-refractivity contribution in [2.45, 2.75) is 6.61 Å². The van der Waals surface area contributed by atoms with Crippen molar-refractivity contribution in [3.05, 3.63) is 123 Å². The summed E-state index contributed by atoms with van der Waals surface area (Å²) in [4.78, 5) is 24.8. The first-order chi connectivity index (χ1) is 18.4. The Labute approximate surface area is 229 Å². The van der Waals surface area contributed by atoms with Crippen LogP contribution in [0.4, 0.5) is 0 Å². The third-order valence-corrected chi connectivity index (χ3v) is 5.79. The molecule has 0 atom stereocenters. The van der Waals surface area contributed by atoms with Crippen LogP contribution in [0.25, 0.3) is 0 Å². The van der Waals surface area contributed by atoms with Gasteiger partial charge in [-0.2, -0.15) is 5.10 Å². The molecule has 0 aliphatic heterocycles. The van der Waals surface area contributed by atoms with Crippen LogP contribution < -0.4 is 19.6 Å². The summed E-state index contributed by atoms with van der Waals surface area (Å²) in [5.41, 5.74) is 4.86. The Hall–Kier alpha value is -4.33. The van der Waals surface area contributed by atoms with E-state index in [0.29, 0.717) is 44.8 Å². The Balaban J connectivity index is 1.31. The molecule has 0 radical (unpaired) electrons. The first kappa shape index (κ1) is 26.7. The van der Waals surface area contributed by atoms with E-state index < -0.39 is 5.97 Å². The van der Waals surface area contributed by atoms with Crippen molar-refractivity contribution in [3.63, 3.8) is 0 Å². The highest BCUT2D eigenvalue weighted by atomic mass is 35.5. The van der Waals surface area contributed by atoms with Crippen LogP contribution in [0, 0.1) is 0 Å². The van der Waals surface area contributed by atoms with Gasteiger partial charge in [-0.3, -0.25) is 4.79 Å². The van der Waals surface area contributed by atoms with E-state index in [0.717, 1.165) is 5.56 Å². The molecule has 0 aliphatic rings. The summed E-state index contributed by atoms with van der Waals surface area (Å²) in [5.74, 6) is 0.272. The van der Waals surface area contributed by atoms with Gasteiger partial charge in [-0.1, -0.05) is 35.3 Å². The molecule has 4 aromatic carbocycles. The first-order valence-electron chi connectivity index (χ1n) is 11.4. The summed E-state index contributed by atoms with van der Waals surface area (Å²) in [6.45, 7) is 0.385. The molecule has 0 aromatic heterocycles.